The minimum atomic E-state index is -3.36. The quantitative estimate of drug-likeness (QED) is 0.722. The first-order valence-electron chi connectivity index (χ1n) is 5.78. The summed E-state index contributed by atoms with van der Waals surface area (Å²) >= 11 is 0. The summed E-state index contributed by atoms with van der Waals surface area (Å²) in [5.74, 6) is -0.828. The lowest BCUT2D eigenvalue weighted by Crippen LogP contribution is -2.56. The van der Waals surface area contributed by atoms with Crippen molar-refractivity contribution in [1.29, 1.82) is 0 Å². The van der Waals surface area contributed by atoms with Crippen LogP contribution in [0.25, 0.3) is 0 Å². The maximum atomic E-state index is 11.7. The fraction of sp³-hybridized carbons (Fsp3) is 0.909. The lowest BCUT2D eigenvalue weighted by atomic mass is 9.88. The van der Waals surface area contributed by atoms with Crippen molar-refractivity contribution < 1.29 is 13.2 Å². The molecule has 0 bridgehead atoms. The maximum Gasteiger partial charge on any atom is 0.235 e. The van der Waals surface area contributed by atoms with Crippen LogP contribution in [0, 0.1) is 5.92 Å². The second kappa shape index (κ2) is 5.82. The van der Waals surface area contributed by atoms with E-state index in [1.807, 2.05) is 20.8 Å². The van der Waals surface area contributed by atoms with Gasteiger partial charge >= 0.3 is 0 Å². The molecule has 17 heavy (non-hydrogen) atoms. The Morgan fingerprint density at radius 1 is 1.29 bits per heavy atom. The predicted octanol–water partition coefficient (Wildman–Crippen LogP) is 0.299. The van der Waals surface area contributed by atoms with Crippen molar-refractivity contribution in [3.63, 3.8) is 0 Å². The molecule has 1 atom stereocenters. The van der Waals surface area contributed by atoms with Gasteiger partial charge in [0.15, 0.2) is 9.84 Å². The molecule has 0 aliphatic heterocycles. The minimum Gasteiger partial charge on any atom is -0.349 e. The van der Waals surface area contributed by atoms with Crippen LogP contribution in [-0.2, 0) is 14.6 Å². The first-order valence-corrected chi connectivity index (χ1v) is 7.49. The van der Waals surface area contributed by atoms with E-state index in [0.717, 1.165) is 0 Å². The zero-order chi connectivity index (χ0) is 13.9. The number of nitrogens with two attached hydrogens (primary N) is 1. The van der Waals surface area contributed by atoms with Gasteiger partial charge in [-0.05, 0) is 26.7 Å². The smallest absolute Gasteiger partial charge is 0.235 e. The Labute approximate surface area is 104 Å². The summed E-state index contributed by atoms with van der Waals surface area (Å²) in [7, 11) is -3.36. The SMILES string of the molecule is CC(C)C(C)(CN)NC(=O)CS(=O)(=O)C(C)C. The molecule has 0 saturated carbocycles. The second-order valence-corrected chi connectivity index (χ2v) is 7.74. The van der Waals surface area contributed by atoms with Crippen LogP contribution in [0.5, 0.6) is 0 Å². The topological polar surface area (TPSA) is 89.3 Å². The summed E-state index contributed by atoms with van der Waals surface area (Å²) in [6.45, 7) is 9.09. The highest BCUT2D eigenvalue weighted by Crippen LogP contribution is 2.14. The summed E-state index contributed by atoms with van der Waals surface area (Å²) in [6.07, 6.45) is 0. The average Bonchev–Trinajstić information content (AvgIpc) is 2.15. The van der Waals surface area contributed by atoms with Gasteiger partial charge in [-0.2, -0.15) is 0 Å². The van der Waals surface area contributed by atoms with Crippen LogP contribution in [0.2, 0.25) is 0 Å². The van der Waals surface area contributed by atoms with Crippen molar-refractivity contribution in [2.75, 3.05) is 12.3 Å². The third-order valence-corrected chi connectivity index (χ3v) is 5.27. The molecule has 0 aromatic carbocycles. The van der Waals surface area contributed by atoms with Crippen molar-refractivity contribution >= 4 is 15.7 Å². The number of sulfone groups is 1. The van der Waals surface area contributed by atoms with E-state index in [1.165, 1.54) is 0 Å². The molecule has 0 radical (unpaired) electrons. The molecular weight excluding hydrogens is 240 g/mol. The number of nitrogens with one attached hydrogen (secondary N) is 1. The molecular formula is C11H24N2O3S. The third-order valence-electron chi connectivity index (χ3n) is 3.17. The first kappa shape index (κ1) is 16.4. The molecule has 0 spiro atoms. The van der Waals surface area contributed by atoms with E-state index in [0.29, 0.717) is 0 Å². The fourth-order valence-corrected chi connectivity index (χ4v) is 1.91. The highest BCUT2D eigenvalue weighted by Gasteiger charge is 2.30. The van der Waals surface area contributed by atoms with Gasteiger partial charge in [0, 0.05) is 6.54 Å². The second-order valence-electron chi connectivity index (χ2n) is 5.18. The number of hydrogen-bond acceptors (Lipinski definition) is 4. The van der Waals surface area contributed by atoms with Gasteiger partial charge in [0.2, 0.25) is 5.91 Å². The van der Waals surface area contributed by atoms with Crippen LogP contribution in [0.3, 0.4) is 0 Å². The number of hydrogen-bond donors (Lipinski definition) is 2. The van der Waals surface area contributed by atoms with E-state index in [1.54, 1.807) is 13.8 Å². The zero-order valence-corrected chi connectivity index (χ0v) is 12.1. The summed E-state index contributed by atoms with van der Waals surface area (Å²) in [5, 5.41) is 2.17. The van der Waals surface area contributed by atoms with Crippen molar-refractivity contribution in [1.82, 2.24) is 5.32 Å². The maximum absolute atomic E-state index is 11.7. The summed E-state index contributed by atoms with van der Waals surface area (Å²) in [4.78, 5) is 11.7. The van der Waals surface area contributed by atoms with E-state index in [4.69, 9.17) is 5.73 Å². The standard InChI is InChI=1S/C11H24N2O3S/c1-8(2)11(5,7-12)13-10(14)6-17(15,16)9(3)4/h8-9H,6-7,12H2,1-5H3,(H,13,14). The molecule has 0 aromatic heterocycles. The molecule has 6 heteroatoms. The third kappa shape index (κ3) is 4.63. The van der Waals surface area contributed by atoms with Crippen LogP contribution in [-0.4, -0.2) is 37.4 Å². The number of rotatable bonds is 6. The Hall–Kier alpha value is -0.620. The van der Waals surface area contributed by atoms with Gasteiger partial charge in [0.25, 0.3) is 0 Å². The van der Waals surface area contributed by atoms with Gasteiger partial charge in [-0.15, -0.1) is 0 Å². The molecule has 0 aromatic rings. The van der Waals surface area contributed by atoms with Crippen LogP contribution >= 0.6 is 0 Å². The molecule has 0 saturated heterocycles. The van der Waals surface area contributed by atoms with Gasteiger partial charge in [-0.1, -0.05) is 13.8 Å². The van der Waals surface area contributed by atoms with Gasteiger partial charge in [-0.25, -0.2) is 8.42 Å². The molecule has 0 heterocycles. The highest BCUT2D eigenvalue weighted by molar-refractivity contribution is 7.92. The molecule has 0 aliphatic rings. The number of carbonyl (C=O) groups is 1. The fourth-order valence-electron chi connectivity index (χ4n) is 1.14. The lowest BCUT2D eigenvalue weighted by molar-refractivity contribution is -0.120. The predicted molar refractivity (Wildman–Crippen MR) is 69.4 cm³/mol. The lowest BCUT2D eigenvalue weighted by Gasteiger charge is -2.33. The summed E-state index contributed by atoms with van der Waals surface area (Å²) < 4.78 is 23.2. The minimum absolute atomic E-state index is 0.137. The molecule has 102 valence electrons. The Kier molecular flexibility index (Phi) is 5.61. The number of amides is 1. The molecule has 1 amide bonds. The zero-order valence-electron chi connectivity index (χ0n) is 11.3. The Bertz CT molecular complexity index is 363. The monoisotopic (exact) mass is 264 g/mol. The Morgan fingerprint density at radius 2 is 1.76 bits per heavy atom. The van der Waals surface area contributed by atoms with Crippen molar-refractivity contribution in [2.45, 2.75) is 45.4 Å². The van der Waals surface area contributed by atoms with E-state index in [-0.39, 0.29) is 12.5 Å². The van der Waals surface area contributed by atoms with E-state index in [2.05, 4.69) is 5.32 Å². The molecule has 0 rings (SSSR count). The van der Waals surface area contributed by atoms with Crippen LogP contribution in [0.1, 0.15) is 34.6 Å². The van der Waals surface area contributed by atoms with Gasteiger partial charge in [0.1, 0.15) is 5.75 Å². The van der Waals surface area contributed by atoms with Crippen molar-refractivity contribution in [3.8, 4) is 0 Å². The van der Waals surface area contributed by atoms with Crippen LogP contribution in [0.15, 0.2) is 0 Å². The number of carbonyl (C=O) groups excluding carboxylic acids is 1. The van der Waals surface area contributed by atoms with Crippen LogP contribution < -0.4 is 11.1 Å². The van der Waals surface area contributed by atoms with Gasteiger partial charge in [0.05, 0.1) is 10.8 Å². The molecule has 1 unspecified atom stereocenters. The Morgan fingerprint density at radius 3 is 2.06 bits per heavy atom. The van der Waals surface area contributed by atoms with Gasteiger partial charge < -0.3 is 11.1 Å². The first-order chi connectivity index (χ1) is 7.55. The van der Waals surface area contributed by atoms with Crippen molar-refractivity contribution in [3.05, 3.63) is 0 Å². The molecule has 5 nitrogen and oxygen atoms in total. The molecule has 0 fully saturated rings. The molecule has 3 N–H and O–H groups in total. The van der Waals surface area contributed by atoms with E-state index >= 15 is 0 Å². The Balaban J connectivity index is 4.68. The van der Waals surface area contributed by atoms with Gasteiger partial charge in [-0.3, -0.25) is 4.79 Å². The molecule has 0 aliphatic carbocycles. The summed E-state index contributed by atoms with van der Waals surface area (Å²) in [5.41, 5.74) is 5.05. The summed E-state index contributed by atoms with van der Waals surface area (Å²) in [6, 6.07) is 0. The van der Waals surface area contributed by atoms with E-state index < -0.39 is 32.3 Å². The normalized spacial score (nSPS) is 16.0. The van der Waals surface area contributed by atoms with E-state index in [9.17, 15) is 13.2 Å². The van der Waals surface area contributed by atoms with Crippen molar-refractivity contribution in [2.24, 2.45) is 11.7 Å². The largest absolute Gasteiger partial charge is 0.349 e. The average molecular weight is 264 g/mol. The van der Waals surface area contributed by atoms with Crippen LogP contribution in [0.4, 0.5) is 0 Å². The highest BCUT2D eigenvalue weighted by atomic mass is 32.2.